The fourth-order valence-electron chi connectivity index (χ4n) is 1.43. The van der Waals surface area contributed by atoms with Gasteiger partial charge < -0.3 is 4.52 Å². The van der Waals surface area contributed by atoms with E-state index in [9.17, 15) is 4.57 Å². The van der Waals surface area contributed by atoms with Crippen LogP contribution in [0.1, 0.15) is 27.7 Å². The highest BCUT2D eigenvalue weighted by atomic mass is 32.4. The second kappa shape index (κ2) is 8.00. The molecule has 0 fully saturated rings. The molecule has 0 aromatic rings. The van der Waals surface area contributed by atoms with Crippen LogP contribution in [0.15, 0.2) is 0 Å². The molecule has 0 spiro atoms. The molecule has 0 radical (unpaired) electrons. The Morgan fingerprint density at radius 2 is 1.41 bits per heavy atom. The smallest absolute Gasteiger partial charge is 0.338 e. The third kappa shape index (κ3) is 5.07. The molecule has 0 rings (SSSR count). The van der Waals surface area contributed by atoms with Crippen LogP contribution in [0.4, 0.5) is 0 Å². The lowest BCUT2D eigenvalue weighted by atomic mass is 10.8. The predicted molar refractivity (Wildman–Crippen MR) is 75.1 cm³/mol. The number of rotatable bonds is 9. The summed E-state index contributed by atoms with van der Waals surface area (Å²) in [7, 11) is -3.33. The summed E-state index contributed by atoms with van der Waals surface area (Å²) in [6.07, 6.45) is -2.33. The van der Waals surface area contributed by atoms with Gasteiger partial charge in [0.1, 0.15) is 6.42 Å². The van der Waals surface area contributed by atoms with Crippen molar-refractivity contribution < 1.29 is 18.1 Å². The van der Waals surface area contributed by atoms with Crippen LogP contribution in [0.2, 0.25) is 0 Å². The van der Waals surface area contributed by atoms with Gasteiger partial charge in [-0.25, -0.2) is 4.57 Å². The molecule has 0 N–H and O–H groups in total. The van der Waals surface area contributed by atoms with E-state index in [1.54, 1.807) is 25.0 Å². The van der Waals surface area contributed by atoms with Gasteiger partial charge in [-0.3, -0.25) is 9.05 Å². The molecule has 0 bridgehead atoms. The zero-order valence-corrected chi connectivity index (χ0v) is 13.8. The molecule has 0 saturated carbocycles. The van der Waals surface area contributed by atoms with Crippen molar-refractivity contribution in [1.82, 2.24) is 4.44 Å². The van der Waals surface area contributed by atoms with Crippen LogP contribution in [0, 0.1) is 0 Å². The maximum Gasteiger partial charge on any atom is 0.413 e. The van der Waals surface area contributed by atoms with Crippen LogP contribution >= 0.6 is 14.2 Å². The molecule has 17 heavy (non-hydrogen) atoms. The standard InChI is InChI=1S/C9H23NO4P2S/c1-6-10(15(5,17)12-7-2)16(11,13-8-3)14-9-4/h6-9H2,1-5H3. The molecular formula is C9H23NO4P2S. The van der Waals surface area contributed by atoms with E-state index in [0.29, 0.717) is 26.4 Å². The third-order valence-corrected chi connectivity index (χ3v) is 8.77. The first kappa shape index (κ1) is 17.7. The second-order valence-electron chi connectivity index (χ2n) is 3.21. The van der Waals surface area contributed by atoms with Crippen molar-refractivity contribution in [1.29, 1.82) is 0 Å². The van der Waals surface area contributed by atoms with E-state index in [4.69, 9.17) is 25.4 Å². The maximum atomic E-state index is 12.6. The van der Waals surface area contributed by atoms with E-state index in [2.05, 4.69) is 0 Å². The highest BCUT2D eigenvalue weighted by molar-refractivity contribution is 8.12. The number of nitrogens with zero attached hydrogens (tertiary/aromatic N) is 1. The molecule has 8 heteroatoms. The summed E-state index contributed by atoms with van der Waals surface area (Å²) in [4.78, 5) is 0. The van der Waals surface area contributed by atoms with Crippen LogP contribution in [0.5, 0.6) is 0 Å². The fourth-order valence-corrected chi connectivity index (χ4v) is 7.42. The van der Waals surface area contributed by atoms with E-state index in [0.717, 1.165) is 0 Å². The Hall–Kier alpha value is 0.720. The minimum absolute atomic E-state index is 0.315. The molecule has 5 nitrogen and oxygen atoms in total. The lowest BCUT2D eigenvalue weighted by Gasteiger charge is -2.34. The summed E-state index contributed by atoms with van der Waals surface area (Å²) in [5, 5.41) is 0. The largest absolute Gasteiger partial charge is 0.413 e. The molecule has 0 saturated heterocycles. The topological polar surface area (TPSA) is 48.0 Å². The maximum absolute atomic E-state index is 12.6. The molecule has 104 valence electrons. The average molecular weight is 303 g/mol. The Morgan fingerprint density at radius 1 is 1.00 bits per heavy atom. The van der Waals surface area contributed by atoms with Crippen molar-refractivity contribution in [2.45, 2.75) is 27.7 Å². The van der Waals surface area contributed by atoms with E-state index >= 15 is 0 Å². The van der Waals surface area contributed by atoms with E-state index in [1.165, 1.54) is 0 Å². The molecule has 0 aliphatic carbocycles. The van der Waals surface area contributed by atoms with Crippen molar-refractivity contribution in [2.75, 3.05) is 33.0 Å². The van der Waals surface area contributed by atoms with Gasteiger partial charge in [-0.05, 0) is 32.6 Å². The number of hydrogen-bond donors (Lipinski definition) is 0. The molecule has 1 atom stereocenters. The van der Waals surface area contributed by atoms with Crippen LogP contribution in [0.25, 0.3) is 0 Å². The summed E-state index contributed by atoms with van der Waals surface area (Å²) in [6.45, 7) is 10.7. The Labute approximate surface area is 110 Å². The van der Waals surface area contributed by atoms with E-state index in [1.807, 2.05) is 13.8 Å². The summed E-state index contributed by atoms with van der Waals surface area (Å²) in [6, 6.07) is 0. The van der Waals surface area contributed by atoms with Crippen molar-refractivity contribution in [3.63, 3.8) is 0 Å². The minimum Gasteiger partial charge on any atom is -0.338 e. The zero-order chi connectivity index (χ0) is 13.5. The van der Waals surface area contributed by atoms with Gasteiger partial charge >= 0.3 is 7.75 Å². The molecule has 0 heterocycles. The molecule has 0 amide bonds. The van der Waals surface area contributed by atoms with E-state index in [-0.39, 0.29) is 0 Å². The van der Waals surface area contributed by atoms with Crippen molar-refractivity contribution in [3.05, 3.63) is 0 Å². The first-order valence-electron chi connectivity index (χ1n) is 5.77. The van der Waals surface area contributed by atoms with Crippen molar-refractivity contribution in [2.24, 2.45) is 0 Å². The number of hydrogen-bond acceptors (Lipinski definition) is 5. The van der Waals surface area contributed by atoms with Crippen LogP contribution in [0.3, 0.4) is 0 Å². The van der Waals surface area contributed by atoms with E-state index < -0.39 is 14.2 Å². The Bertz CT molecular complexity index is 303. The molecule has 0 aromatic heterocycles. The Morgan fingerprint density at radius 3 is 1.71 bits per heavy atom. The summed E-state index contributed by atoms with van der Waals surface area (Å²) >= 11 is 5.42. The fraction of sp³-hybridized carbons (Fsp3) is 1.00. The van der Waals surface area contributed by atoms with Gasteiger partial charge in [0, 0.05) is 13.2 Å². The monoisotopic (exact) mass is 303 g/mol. The van der Waals surface area contributed by atoms with Gasteiger partial charge in [-0.1, -0.05) is 6.92 Å². The first-order chi connectivity index (χ1) is 7.87. The quantitative estimate of drug-likeness (QED) is 0.608. The molecule has 0 aromatic carbocycles. The van der Waals surface area contributed by atoms with Gasteiger partial charge in [-0.15, -0.1) is 0 Å². The molecule has 0 aliphatic rings. The lowest BCUT2D eigenvalue weighted by molar-refractivity contribution is 0.189. The van der Waals surface area contributed by atoms with Gasteiger partial charge in [0.15, 0.2) is 0 Å². The summed E-state index contributed by atoms with van der Waals surface area (Å²) in [5.74, 6) is 0. The Balaban J connectivity index is 5.16. The van der Waals surface area contributed by atoms with Crippen LogP contribution in [-0.2, 0) is 29.9 Å². The van der Waals surface area contributed by atoms with Crippen LogP contribution in [-0.4, -0.2) is 37.5 Å². The summed E-state index contributed by atoms with van der Waals surface area (Å²) < 4.78 is 30.3. The zero-order valence-electron chi connectivity index (χ0n) is 11.2. The van der Waals surface area contributed by atoms with Gasteiger partial charge in [0.2, 0.25) is 0 Å². The molecular weight excluding hydrogens is 280 g/mol. The molecule has 1 unspecified atom stereocenters. The van der Waals surface area contributed by atoms with Gasteiger partial charge in [0.05, 0.1) is 19.8 Å². The predicted octanol–water partition coefficient (Wildman–Crippen LogP) is 3.47. The highest BCUT2D eigenvalue weighted by Gasteiger charge is 2.39. The average Bonchev–Trinajstić information content (AvgIpc) is 2.18. The summed E-state index contributed by atoms with van der Waals surface area (Å²) in [5.41, 5.74) is 0. The highest BCUT2D eigenvalue weighted by Crippen LogP contribution is 2.66. The normalized spacial score (nSPS) is 16.1. The van der Waals surface area contributed by atoms with Gasteiger partial charge in [-0.2, -0.15) is 4.44 Å². The Kier molecular flexibility index (Phi) is 8.34. The molecule has 0 aliphatic heterocycles. The first-order valence-corrected chi connectivity index (χ1v) is 10.4. The SMILES string of the molecule is CCOP(=O)(OCC)N(CC)P(C)(=S)OCC. The van der Waals surface area contributed by atoms with Crippen molar-refractivity contribution >= 4 is 26.0 Å². The van der Waals surface area contributed by atoms with Crippen molar-refractivity contribution in [3.8, 4) is 0 Å². The van der Waals surface area contributed by atoms with Crippen LogP contribution < -0.4 is 0 Å². The lowest BCUT2D eigenvalue weighted by Crippen LogP contribution is -2.21. The third-order valence-electron chi connectivity index (χ3n) is 1.94. The second-order valence-corrected chi connectivity index (χ2v) is 9.84. The van der Waals surface area contributed by atoms with Gasteiger partial charge in [0.25, 0.3) is 0 Å². The minimum atomic E-state index is -3.33.